The first-order chi connectivity index (χ1) is 10.8. The number of carbonyl (C=O) groups excluding carboxylic acids is 1. The van der Waals surface area contributed by atoms with Crippen molar-refractivity contribution in [2.75, 3.05) is 11.1 Å². The highest BCUT2D eigenvalue weighted by Crippen LogP contribution is 2.14. The minimum Gasteiger partial charge on any atom is -0.399 e. The Hall–Kier alpha value is -2.49. The number of carbonyl (C=O) groups is 1. The highest BCUT2D eigenvalue weighted by atomic mass is 32.2. The molecule has 0 fully saturated rings. The maximum atomic E-state index is 12.0. The molecular formula is C14H14N4O3S2. The summed E-state index contributed by atoms with van der Waals surface area (Å²) in [6.45, 7) is 0. The van der Waals surface area contributed by atoms with Crippen LogP contribution in [0, 0.1) is 0 Å². The van der Waals surface area contributed by atoms with Gasteiger partial charge in [0, 0.05) is 16.9 Å². The summed E-state index contributed by atoms with van der Waals surface area (Å²) in [6, 6.07) is 12.1. The van der Waals surface area contributed by atoms with Crippen molar-refractivity contribution in [2.45, 2.75) is 4.90 Å². The van der Waals surface area contributed by atoms with E-state index in [0.29, 0.717) is 16.9 Å². The van der Waals surface area contributed by atoms with E-state index in [1.54, 1.807) is 30.3 Å². The van der Waals surface area contributed by atoms with Gasteiger partial charge in [-0.3, -0.25) is 10.1 Å². The first-order valence-electron chi connectivity index (χ1n) is 6.36. The summed E-state index contributed by atoms with van der Waals surface area (Å²) in [5.74, 6) is -0.412. The minimum absolute atomic E-state index is 0.0263. The van der Waals surface area contributed by atoms with E-state index in [2.05, 4.69) is 10.6 Å². The predicted molar refractivity (Wildman–Crippen MR) is 92.4 cm³/mol. The second kappa shape index (κ2) is 6.73. The van der Waals surface area contributed by atoms with Crippen molar-refractivity contribution in [3.8, 4) is 0 Å². The number of anilines is 2. The molecule has 0 spiro atoms. The molecule has 2 aromatic carbocycles. The van der Waals surface area contributed by atoms with E-state index in [9.17, 15) is 13.2 Å². The number of hydrogen-bond acceptors (Lipinski definition) is 5. The van der Waals surface area contributed by atoms with Crippen molar-refractivity contribution in [2.24, 2.45) is 5.14 Å². The molecule has 0 heterocycles. The van der Waals surface area contributed by atoms with Crippen molar-refractivity contribution in [3.63, 3.8) is 0 Å². The van der Waals surface area contributed by atoms with Gasteiger partial charge in [0.25, 0.3) is 5.91 Å². The molecule has 0 atom stereocenters. The molecule has 0 unspecified atom stereocenters. The smallest absolute Gasteiger partial charge is 0.257 e. The summed E-state index contributed by atoms with van der Waals surface area (Å²) in [7, 11) is -3.81. The Bertz CT molecular complexity index is 849. The zero-order valence-corrected chi connectivity index (χ0v) is 13.4. The molecule has 6 N–H and O–H groups in total. The van der Waals surface area contributed by atoms with Crippen LogP contribution in [0.4, 0.5) is 11.4 Å². The fourth-order valence-corrected chi connectivity index (χ4v) is 2.49. The number of sulfonamides is 1. The Labute approximate surface area is 138 Å². The molecule has 9 heteroatoms. The van der Waals surface area contributed by atoms with Crippen molar-refractivity contribution in [3.05, 3.63) is 54.1 Å². The molecule has 0 bridgehead atoms. The van der Waals surface area contributed by atoms with Gasteiger partial charge in [-0.25, -0.2) is 13.6 Å². The van der Waals surface area contributed by atoms with E-state index >= 15 is 0 Å². The molecule has 120 valence electrons. The van der Waals surface area contributed by atoms with E-state index < -0.39 is 15.9 Å². The van der Waals surface area contributed by atoms with Crippen molar-refractivity contribution in [1.82, 2.24) is 5.32 Å². The third-order valence-electron chi connectivity index (χ3n) is 2.82. The lowest BCUT2D eigenvalue weighted by atomic mass is 10.2. The van der Waals surface area contributed by atoms with Gasteiger partial charge in [0.15, 0.2) is 5.11 Å². The molecule has 0 saturated carbocycles. The molecule has 0 aliphatic heterocycles. The molecule has 1 amide bonds. The number of nitrogens with one attached hydrogen (secondary N) is 2. The summed E-state index contributed by atoms with van der Waals surface area (Å²) in [6.07, 6.45) is 0. The van der Waals surface area contributed by atoms with Gasteiger partial charge in [-0.05, 0) is 54.7 Å². The molecule has 0 radical (unpaired) electrons. The summed E-state index contributed by atoms with van der Waals surface area (Å²) in [5.41, 5.74) is 6.87. The number of hydrogen-bond donors (Lipinski definition) is 4. The molecule has 0 aliphatic rings. The molecule has 0 aliphatic carbocycles. The Morgan fingerprint density at radius 1 is 1.09 bits per heavy atom. The number of rotatable bonds is 3. The Balaban J connectivity index is 2.05. The summed E-state index contributed by atoms with van der Waals surface area (Å²) >= 11 is 5.03. The molecule has 2 rings (SSSR count). The van der Waals surface area contributed by atoms with E-state index in [1.807, 2.05) is 0 Å². The lowest BCUT2D eigenvalue weighted by Gasteiger charge is -2.10. The summed E-state index contributed by atoms with van der Waals surface area (Å²) in [5, 5.41) is 10.3. The molecule has 0 saturated heterocycles. The van der Waals surface area contributed by atoms with Crippen molar-refractivity contribution < 1.29 is 13.2 Å². The van der Waals surface area contributed by atoms with Crippen LogP contribution in [0.15, 0.2) is 53.4 Å². The number of primary sulfonamides is 1. The van der Waals surface area contributed by atoms with Crippen LogP contribution in [0.2, 0.25) is 0 Å². The van der Waals surface area contributed by atoms with Crippen LogP contribution in [0.1, 0.15) is 10.4 Å². The first-order valence-corrected chi connectivity index (χ1v) is 8.32. The van der Waals surface area contributed by atoms with Gasteiger partial charge in [0.05, 0.1) is 4.90 Å². The minimum atomic E-state index is -3.81. The molecule has 7 nitrogen and oxygen atoms in total. The monoisotopic (exact) mass is 350 g/mol. The van der Waals surface area contributed by atoms with Gasteiger partial charge in [-0.2, -0.15) is 0 Å². The van der Waals surface area contributed by atoms with Crippen LogP contribution in [0.3, 0.4) is 0 Å². The Kier molecular flexibility index (Phi) is 4.94. The topological polar surface area (TPSA) is 127 Å². The fraction of sp³-hybridized carbons (Fsp3) is 0. The van der Waals surface area contributed by atoms with Crippen LogP contribution in [0.25, 0.3) is 0 Å². The van der Waals surface area contributed by atoms with Gasteiger partial charge in [0.1, 0.15) is 0 Å². The lowest BCUT2D eigenvalue weighted by Crippen LogP contribution is -2.34. The van der Waals surface area contributed by atoms with Crippen LogP contribution in [-0.4, -0.2) is 19.4 Å². The zero-order chi connectivity index (χ0) is 17.0. The maximum absolute atomic E-state index is 12.0. The summed E-state index contributed by atoms with van der Waals surface area (Å²) in [4.78, 5) is 11.9. The standard InChI is InChI=1S/C14H14N4O3S2/c15-10-6-4-9(5-7-10)13(19)18-14(22)17-11-2-1-3-12(8-11)23(16,20)21/h1-8H,15H2,(H2,16,20,21)(H2,17,18,19,22). The number of benzene rings is 2. The van der Waals surface area contributed by atoms with E-state index in [4.69, 9.17) is 23.1 Å². The normalized spacial score (nSPS) is 10.8. The van der Waals surface area contributed by atoms with Crippen LogP contribution >= 0.6 is 12.2 Å². The second-order valence-electron chi connectivity index (χ2n) is 4.60. The van der Waals surface area contributed by atoms with Gasteiger partial charge in [-0.1, -0.05) is 6.07 Å². The van der Waals surface area contributed by atoms with Gasteiger partial charge >= 0.3 is 0 Å². The number of thiocarbonyl (C=S) groups is 1. The Morgan fingerprint density at radius 2 is 1.74 bits per heavy atom. The highest BCUT2D eigenvalue weighted by Gasteiger charge is 2.10. The molecule has 23 heavy (non-hydrogen) atoms. The lowest BCUT2D eigenvalue weighted by molar-refractivity contribution is 0.0978. The highest BCUT2D eigenvalue weighted by molar-refractivity contribution is 7.89. The summed E-state index contributed by atoms with van der Waals surface area (Å²) < 4.78 is 22.6. The van der Waals surface area contributed by atoms with Crippen molar-refractivity contribution >= 4 is 44.6 Å². The predicted octanol–water partition coefficient (Wildman–Crippen LogP) is 1.04. The third-order valence-corrected chi connectivity index (χ3v) is 3.94. The third kappa shape index (κ3) is 4.74. The van der Waals surface area contributed by atoms with Crippen LogP contribution in [-0.2, 0) is 10.0 Å². The quantitative estimate of drug-likeness (QED) is 0.484. The molecular weight excluding hydrogens is 336 g/mol. The number of amides is 1. The largest absolute Gasteiger partial charge is 0.399 e. The van der Waals surface area contributed by atoms with Gasteiger partial charge < -0.3 is 11.1 Å². The van der Waals surface area contributed by atoms with Gasteiger partial charge in [0.2, 0.25) is 10.0 Å². The van der Waals surface area contributed by atoms with Crippen LogP contribution < -0.4 is 21.5 Å². The fourth-order valence-electron chi connectivity index (χ4n) is 1.72. The Morgan fingerprint density at radius 3 is 2.35 bits per heavy atom. The molecule has 2 aromatic rings. The second-order valence-corrected chi connectivity index (χ2v) is 6.57. The van der Waals surface area contributed by atoms with E-state index in [1.165, 1.54) is 18.2 Å². The maximum Gasteiger partial charge on any atom is 0.257 e. The zero-order valence-electron chi connectivity index (χ0n) is 11.8. The average molecular weight is 350 g/mol. The van der Waals surface area contributed by atoms with E-state index in [-0.39, 0.29) is 10.0 Å². The van der Waals surface area contributed by atoms with Crippen molar-refractivity contribution in [1.29, 1.82) is 0 Å². The SMILES string of the molecule is Nc1ccc(C(=O)NC(=S)Nc2cccc(S(N)(=O)=O)c2)cc1. The van der Waals surface area contributed by atoms with E-state index in [0.717, 1.165) is 0 Å². The van der Waals surface area contributed by atoms with Crippen LogP contribution in [0.5, 0.6) is 0 Å². The first kappa shape index (κ1) is 16.9. The number of nitrogens with two attached hydrogens (primary N) is 2. The number of nitrogen functional groups attached to an aromatic ring is 1. The van der Waals surface area contributed by atoms with Gasteiger partial charge in [-0.15, -0.1) is 0 Å². The average Bonchev–Trinajstić information content (AvgIpc) is 2.47. The molecule has 0 aromatic heterocycles.